The molecule has 0 heterocycles. The number of nitrogens with zero attached hydrogens (tertiary/aromatic N) is 1. The fourth-order valence-corrected chi connectivity index (χ4v) is 3.84. The Morgan fingerprint density at radius 3 is 2.10 bits per heavy atom. The lowest BCUT2D eigenvalue weighted by Gasteiger charge is -2.17. The minimum absolute atomic E-state index is 0.135. The fourth-order valence-electron chi connectivity index (χ4n) is 2.60. The Balaban J connectivity index is 1.85. The van der Waals surface area contributed by atoms with E-state index in [1.807, 2.05) is 37.3 Å². The van der Waals surface area contributed by atoms with Crippen molar-refractivity contribution in [2.45, 2.75) is 44.4 Å². The summed E-state index contributed by atoms with van der Waals surface area (Å²) in [6, 6.07) is 16.8. The van der Waals surface area contributed by atoms with Gasteiger partial charge < -0.3 is 0 Å². The van der Waals surface area contributed by atoms with Crippen molar-refractivity contribution in [3.8, 4) is 35.5 Å². The van der Waals surface area contributed by atoms with Crippen molar-refractivity contribution >= 4 is 10.0 Å². The van der Waals surface area contributed by atoms with Crippen LogP contribution in [0.15, 0.2) is 59.5 Å². The van der Waals surface area contributed by atoms with E-state index in [0.29, 0.717) is 0 Å². The summed E-state index contributed by atoms with van der Waals surface area (Å²) in [4.78, 5) is 0.268. The van der Waals surface area contributed by atoms with E-state index >= 15 is 0 Å². The first kappa shape index (κ1) is 23.3. The number of hydrogen-bond donors (Lipinski definition) is 0. The number of sulfonamides is 1. The lowest BCUT2D eigenvalue weighted by atomic mass is 10.2. The molecule has 0 amide bonds. The number of benzene rings is 2. The van der Waals surface area contributed by atoms with E-state index in [1.54, 1.807) is 31.2 Å². The van der Waals surface area contributed by atoms with Crippen LogP contribution >= 0.6 is 0 Å². The molecule has 4 heteroatoms. The first-order valence-corrected chi connectivity index (χ1v) is 11.4. The maximum absolute atomic E-state index is 12.9. The normalized spacial score (nSPS) is 10.2. The summed E-state index contributed by atoms with van der Waals surface area (Å²) in [6.07, 6.45) is 3.47. The molecule has 30 heavy (non-hydrogen) atoms. The molecular formula is C26H27NO2S. The van der Waals surface area contributed by atoms with Gasteiger partial charge >= 0.3 is 0 Å². The molecule has 0 unspecified atom stereocenters. The lowest BCUT2D eigenvalue weighted by molar-refractivity contribution is 0.482. The third-order valence-corrected chi connectivity index (χ3v) is 6.14. The standard InChI is InChI=1S/C26H27NO2S/c1-3-4-22-27(30(28,29)26-20-18-24(2)19-21-26)23-14-9-7-5-6-8-11-15-25-16-12-10-13-17-25/h10,12-13,16-21H,5-8,22-23H2,1-2H3. The van der Waals surface area contributed by atoms with Gasteiger partial charge in [-0.15, -0.1) is 11.8 Å². The quantitative estimate of drug-likeness (QED) is 0.487. The van der Waals surface area contributed by atoms with Crippen molar-refractivity contribution in [2.75, 3.05) is 13.1 Å². The van der Waals surface area contributed by atoms with Crippen LogP contribution in [0.1, 0.15) is 43.7 Å². The van der Waals surface area contributed by atoms with Crippen LogP contribution in [0.2, 0.25) is 0 Å². The van der Waals surface area contributed by atoms with E-state index < -0.39 is 10.0 Å². The molecule has 0 aliphatic heterocycles. The largest absolute Gasteiger partial charge is 0.244 e. The minimum Gasteiger partial charge on any atom is -0.207 e. The van der Waals surface area contributed by atoms with Gasteiger partial charge in [-0.3, -0.25) is 0 Å². The minimum atomic E-state index is -3.61. The Kier molecular flexibility index (Phi) is 9.76. The summed E-state index contributed by atoms with van der Waals surface area (Å²) >= 11 is 0. The van der Waals surface area contributed by atoms with Gasteiger partial charge in [-0.2, -0.15) is 4.31 Å². The van der Waals surface area contributed by atoms with Crippen molar-refractivity contribution in [2.24, 2.45) is 0 Å². The summed E-state index contributed by atoms with van der Waals surface area (Å²) in [7, 11) is -3.61. The predicted molar refractivity (Wildman–Crippen MR) is 123 cm³/mol. The maximum atomic E-state index is 12.9. The second kappa shape index (κ2) is 12.6. The first-order valence-electron chi connectivity index (χ1n) is 10.00. The SMILES string of the molecule is CC#CCN(CC#CCCCCC#Cc1ccccc1)S(=O)(=O)c1ccc(C)cc1. The molecule has 0 radical (unpaired) electrons. The average molecular weight is 418 g/mol. The molecule has 0 aliphatic rings. The van der Waals surface area contributed by atoms with Gasteiger partial charge in [0.2, 0.25) is 10.0 Å². The van der Waals surface area contributed by atoms with Crippen LogP contribution in [0.5, 0.6) is 0 Å². The summed E-state index contributed by atoms with van der Waals surface area (Å²) in [5.41, 5.74) is 2.05. The molecule has 0 saturated heterocycles. The van der Waals surface area contributed by atoms with Crippen molar-refractivity contribution in [1.82, 2.24) is 4.31 Å². The van der Waals surface area contributed by atoms with Crippen LogP contribution in [0.25, 0.3) is 0 Å². The summed E-state index contributed by atoms with van der Waals surface area (Å²) in [5.74, 6) is 18.0. The molecule has 0 spiro atoms. The number of unbranched alkanes of at least 4 members (excludes halogenated alkanes) is 3. The van der Waals surface area contributed by atoms with Gasteiger partial charge in [0, 0.05) is 18.4 Å². The highest BCUT2D eigenvalue weighted by Crippen LogP contribution is 2.15. The van der Waals surface area contributed by atoms with Gasteiger partial charge in [0.1, 0.15) is 0 Å². The molecule has 0 fully saturated rings. The Bertz CT molecular complexity index is 1080. The zero-order chi connectivity index (χ0) is 21.7. The third kappa shape index (κ3) is 7.81. The zero-order valence-corrected chi connectivity index (χ0v) is 18.4. The Morgan fingerprint density at radius 2 is 1.43 bits per heavy atom. The van der Waals surface area contributed by atoms with Crippen LogP contribution in [-0.4, -0.2) is 25.8 Å². The molecule has 154 valence electrons. The van der Waals surface area contributed by atoms with Gasteiger partial charge in [0.15, 0.2) is 0 Å². The maximum Gasteiger partial charge on any atom is 0.244 e. The Hall–Kier alpha value is -2.97. The summed E-state index contributed by atoms with van der Waals surface area (Å²) < 4.78 is 27.1. The molecule has 2 aromatic carbocycles. The predicted octanol–water partition coefficient (Wildman–Crippen LogP) is 4.62. The molecule has 0 aliphatic carbocycles. The number of hydrogen-bond acceptors (Lipinski definition) is 2. The second-order valence-corrected chi connectivity index (χ2v) is 8.68. The van der Waals surface area contributed by atoms with Gasteiger partial charge in [-0.1, -0.05) is 59.6 Å². The van der Waals surface area contributed by atoms with Gasteiger partial charge in [-0.05, 0) is 51.0 Å². The van der Waals surface area contributed by atoms with E-state index in [-0.39, 0.29) is 18.0 Å². The zero-order valence-electron chi connectivity index (χ0n) is 17.6. The van der Waals surface area contributed by atoms with Crippen molar-refractivity contribution < 1.29 is 8.42 Å². The highest BCUT2D eigenvalue weighted by atomic mass is 32.2. The Labute approximate surface area is 181 Å². The third-order valence-electron chi connectivity index (χ3n) is 4.33. The molecular weight excluding hydrogens is 390 g/mol. The Morgan fingerprint density at radius 1 is 0.800 bits per heavy atom. The van der Waals surface area contributed by atoms with Crippen LogP contribution in [0.3, 0.4) is 0 Å². The highest BCUT2D eigenvalue weighted by Gasteiger charge is 2.22. The molecule has 2 rings (SSSR count). The summed E-state index contributed by atoms with van der Waals surface area (Å²) in [6.45, 7) is 3.90. The second-order valence-electron chi connectivity index (χ2n) is 6.74. The van der Waals surface area contributed by atoms with E-state index in [2.05, 4.69) is 35.5 Å². The van der Waals surface area contributed by atoms with Crippen molar-refractivity contribution in [1.29, 1.82) is 0 Å². The van der Waals surface area contributed by atoms with Crippen LogP contribution in [-0.2, 0) is 10.0 Å². The molecule has 2 aromatic rings. The van der Waals surface area contributed by atoms with Gasteiger partial charge in [-0.25, -0.2) is 8.42 Å². The van der Waals surface area contributed by atoms with E-state index in [1.165, 1.54) is 4.31 Å². The van der Waals surface area contributed by atoms with Crippen LogP contribution < -0.4 is 0 Å². The lowest BCUT2D eigenvalue weighted by Crippen LogP contribution is -2.32. The highest BCUT2D eigenvalue weighted by molar-refractivity contribution is 7.89. The topological polar surface area (TPSA) is 37.4 Å². The summed E-state index contributed by atoms with van der Waals surface area (Å²) in [5, 5.41) is 0. The van der Waals surface area contributed by atoms with Gasteiger partial charge in [0.05, 0.1) is 18.0 Å². The van der Waals surface area contributed by atoms with Gasteiger partial charge in [0.25, 0.3) is 0 Å². The molecule has 0 atom stereocenters. The first-order chi connectivity index (χ1) is 14.5. The number of rotatable bonds is 7. The van der Waals surface area contributed by atoms with Crippen molar-refractivity contribution in [3.05, 3.63) is 65.7 Å². The molecule has 0 N–H and O–H groups in total. The van der Waals surface area contributed by atoms with Crippen LogP contribution in [0.4, 0.5) is 0 Å². The molecule has 0 aromatic heterocycles. The monoisotopic (exact) mass is 417 g/mol. The van der Waals surface area contributed by atoms with E-state index in [4.69, 9.17) is 0 Å². The number of aryl methyl sites for hydroxylation is 1. The van der Waals surface area contributed by atoms with Crippen LogP contribution in [0, 0.1) is 42.4 Å². The molecule has 0 bridgehead atoms. The van der Waals surface area contributed by atoms with E-state index in [9.17, 15) is 8.42 Å². The van der Waals surface area contributed by atoms with E-state index in [0.717, 1.165) is 36.8 Å². The molecule has 3 nitrogen and oxygen atoms in total. The fraction of sp³-hybridized carbons (Fsp3) is 0.308. The molecule has 0 saturated carbocycles. The average Bonchev–Trinajstić information content (AvgIpc) is 2.75. The van der Waals surface area contributed by atoms with Crippen molar-refractivity contribution in [3.63, 3.8) is 0 Å². The smallest absolute Gasteiger partial charge is 0.207 e.